The van der Waals surface area contributed by atoms with Crippen molar-refractivity contribution in [3.8, 4) is 0 Å². The van der Waals surface area contributed by atoms with Gasteiger partial charge in [0.15, 0.2) is 6.61 Å². The summed E-state index contributed by atoms with van der Waals surface area (Å²) in [5.41, 5.74) is 0. The molecule has 2 rings (SSSR count). The molecule has 126 valence electrons. The smallest absolute Gasteiger partial charge is 0.422 e. The van der Waals surface area contributed by atoms with E-state index in [4.69, 9.17) is 4.74 Å². The van der Waals surface area contributed by atoms with Crippen LogP contribution >= 0.6 is 0 Å². The first-order valence-corrected chi connectivity index (χ1v) is 7.26. The molecule has 2 saturated heterocycles. The first kappa shape index (κ1) is 16.9. The van der Waals surface area contributed by atoms with Crippen LogP contribution in [0.2, 0.25) is 0 Å². The molecule has 0 aromatic heterocycles. The highest BCUT2D eigenvalue weighted by Crippen LogP contribution is 2.21. The Morgan fingerprint density at radius 3 is 2.68 bits per heavy atom. The molecule has 0 aromatic carbocycles. The maximum Gasteiger partial charge on any atom is 0.422 e. The highest BCUT2D eigenvalue weighted by molar-refractivity contribution is 5.86. The van der Waals surface area contributed by atoms with Crippen LogP contribution in [-0.2, 0) is 14.3 Å². The van der Waals surface area contributed by atoms with Gasteiger partial charge in [-0.3, -0.25) is 9.69 Å². The predicted octanol–water partition coefficient (Wildman–Crippen LogP) is 1.44. The summed E-state index contributed by atoms with van der Waals surface area (Å²) < 4.78 is 45.8. The average Bonchev–Trinajstić information content (AvgIpc) is 3.12. The normalized spacial score (nSPS) is 25.3. The molecule has 2 heterocycles. The van der Waals surface area contributed by atoms with Gasteiger partial charge in [-0.2, -0.15) is 13.2 Å². The van der Waals surface area contributed by atoms with Crippen molar-refractivity contribution in [2.75, 3.05) is 26.3 Å². The van der Waals surface area contributed by atoms with E-state index in [1.54, 1.807) is 0 Å². The maximum absolute atomic E-state index is 12.1. The van der Waals surface area contributed by atoms with Crippen molar-refractivity contribution in [1.29, 1.82) is 0 Å². The van der Waals surface area contributed by atoms with Gasteiger partial charge in [-0.25, -0.2) is 4.79 Å². The average molecular weight is 324 g/mol. The van der Waals surface area contributed by atoms with Crippen molar-refractivity contribution in [3.63, 3.8) is 0 Å². The predicted molar refractivity (Wildman–Crippen MR) is 69.1 cm³/mol. The van der Waals surface area contributed by atoms with E-state index < -0.39 is 24.9 Å². The first-order chi connectivity index (χ1) is 10.4. The van der Waals surface area contributed by atoms with Gasteiger partial charge >= 0.3 is 12.3 Å². The summed E-state index contributed by atoms with van der Waals surface area (Å²) in [5, 5.41) is 2.69. The molecule has 0 unspecified atom stereocenters. The Morgan fingerprint density at radius 1 is 1.27 bits per heavy atom. The lowest BCUT2D eigenvalue weighted by molar-refractivity contribution is -0.162. The molecule has 2 aliphatic rings. The monoisotopic (exact) mass is 324 g/mol. The molecule has 2 fully saturated rings. The van der Waals surface area contributed by atoms with E-state index in [2.05, 4.69) is 10.1 Å². The van der Waals surface area contributed by atoms with Crippen LogP contribution in [0.15, 0.2) is 0 Å². The zero-order valence-electron chi connectivity index (χ0n) is 12.0. The standard InChI is InChI=1S/C13H19F3N2O4/c14-13(15,16)8-22-12(20)18-5-1-4-10(18)11(19)17-7-9-3-2-6-21-9/h9-10H,1-8H2,(H,17,19)/t9-,10+/m1/s1. The number of alkyl halides is 3. The highest BCUT2D eigenvalue weighted by Gasteiger charge is 2.37. The van der Waals surface area contributed by atoms with Gasteiger partial charge in [0, 0.05) is 19.7 Å². The molecular weight excluding hydrogens is 305 g/mol. The second kappa shape index (κ2) is 7.17. The molecule has 2 atom stereocenters. The van der Waals surface area contributed by atoms with Crippen molar-refractivity contribution < 1.29 is 32.2 Å². The Balaban J connectivity index is 1.80. The van der Waals surface area contributed by atoms with Crippen LogP contribution in [-0.4, -0.2) is 61.5 Å². The minimum atomic E-state index is -4.58. The van der Waals surface area contributed by atoms with Gasteiger partial charge in [0.2, 0.25) is 5.91 Å². The molecule has 0 aromatic rings. The molecule has 0 bridgehead atoms. The number of amides is 2. The molecule has 0 aliphatic carbocycles. The summed E-state index contributed by atoms with van der Waals surface area (Å²) in [7, 11) is 0. The molecular formula is C13H19F3N2O4. The van der Waals surface area contributed by atoms with E-state index >= 15 is 0 Å². The summed E-state index contributed by atoms with van der Waals surface area (Å²) in [6.45, 7) is -0.415. The van der Waals surface area contributed by atoms with Gasteiger partial charge in [-0.15, -0.1) is 0 Å². The summed E-state index contributed by atoms with van der Waals surface area (Å²) in [5.74, 6) is -0.378. The fourth-order valence-electron chi connectivity index (χ4n) is 2.62. The number of carbonyl (C=O) groups excluding carboxylic acids is 2. The van der Waals surface area contributed by atoms with Crippen LogP contribution in [0.25, 0.3) is 0 Å². The molecule has 0 spiro atoms. The van der Waals surface area contributed by atoms with E-state index in [1.807, 2.05) is 0 Å². The lowest BCUT2D eigenvalue weighted by Gasteiger charge is -2.24. The Hall–Kier alpha value is -1.51. The Labute approximate surface area is 125 Å². The Morgan fingerprint density at radius 2 is 2.05 bits per heavy atom. The van der Waals surface area contributed by atoms with Gasteiger partial charge in [-0.05, 0) is 25.7 Å². The summed E-state index contributed by atoms with van der Waals surface area (Å²) in [6.07, 6.45) is -2.93. The SMILES string of the molecule is O=C(NC[C@H]1CCCO1)[C@@H]1CCCN1C(=O)OCC(F)(F)F. The minimum Gasteiger partial charge on any atom is -0.440 e. The second-order valence-electron chi connectivity index (χ2n) is 5.40. The molecule has 22 heavy (non-hydrogen) atoms. The highest BCUT2D eigenvalue weighted by atomic mass is 19.4. The zero-order valence-corrected chi connectivity index (χ0v) is 12.0. The van der Waals surface area contributed by atoms with Crippen LogP contribution in [0.5, 0.6) is 0 Å². The number of nitrogens with zero attached hydrogens (tertiary/aromatic N) is 1. The number of hydrogen-bond donors (Lipinski definition) is 1. The zero-order chi connectivity index (χ0) is 16.2. The fourth-order valence-corrected chi connectivity index (χ4v) is 2.62. The lowest BCUT2D eigenvalue weighted by Crippen LogP contribution is -2.48. The van der Waals surface area contributed by atoms with Crippen molar-refractivity contribution in [1.82, 2.24) is 10.2 Å². The number of ether oxygens (including phenoxy) is 2. The van der Waals surface area contributed by atoms with Gasteiger partial charge < -0.3 is 14.8 Å². The number of rotatable bonds is 4. The van der Waals surface area contributed by atoms with Crippen molar-refractivity contribution in [3.05, 3.63) is 0 Å². The summed E-state index contributed by atoms with van der Waals surface area (Å²) >= 11 is 0. The maximum atomic E-state index is 12.1. The van der Waals surface area contributed by atoms with Crippen molar-refractivity contribution in [2.24, 2.45) is 0 Å². The number of halogens is 3. The molecule has 0 saturated carbocycles. The lowest BCUT2D eigenvalue weighted by atomic mass is 10.2. The third-order valence-electron chi connectivity index (χ3n) is 3.68. The summed E-state index contributed by atoms with van der Waals surface area (Å²) in [6, 6.07) is -0.776. The van der Waals surface area contributed by atoms with Crippen LogP contribution < -0.4 is 5.32 Å². The number of nitrogens with one attached hydrogen (secondary N) is 1. The van der Waals surface area contributed by atoms with E-state index in [0.29, 0.717) is 26.0 Å². The number of carbonyl (C=O) groups is 2. The van der Waals surface area contributed by atoms with Gasteiger partial charge in [0.25, 0.3) is 0 Å². The number of likely N-dealkylation sites (tertiary alicyclic amines) is 1. The van der Waals surface area contributed by atoms with Gasteiger partial charge in [0.05, 0.1) is 6.10 Å². The molecule has 9 heteroatoms. The summed E-state index contributed by atoms with van der Waals surface area (Å²) in [4.78, 5) is 24.8. The number of hydrogen-bond acceptors (Lipinski definition) is 4. The molecule has 6 nitrogen and oxygen atoms in total. The van der Waals surface area contributed by atoms with Crippen LogP contribution in [0.1, 0.15) is 25.7 Å². The largest absolute Gasteiger partial charge is 0.440 e. The quantitative estimate of drug-likeness (QED) is 0.850. The van der Waals surface area contributed by atoms with E-state index in [-0.39, 0.29) is 18.6 Å². The molecule has 0 radical (unpaired) electrons. The van der Waals surface area contributed by atoms with E-state index in [9.17, 15) is 22.8 Å². The minimum absolute atomic E-state index is 0.0315. The molecule has 2 amide bonds. The Bertz CT molecular complexity index is 411. The van der Waals surface area contributed by atoms with Crippen molar-refractivity contribution in [2.45, 2.75) is 44.0 Å². The van der Waals surface area contributed by atoms with E-state index in [1.165, 1.54) is 0 Å². The first-order valence-electron chi connectivity index (χ1n) is 7.26. The van der Waals surface area contributed by atoms with E-state index in [0.717, 1.165) is 17.7 Å². The van der Waals surface area contributed by atoms with Crippen LogP contribution in [0.4, 0.5) is 18.0 Å². The fraction of sp³-hybridized carbons (Fsp3) is 0.846. The van der Waals surface area contributed by atoms with Crippen LogP contribution in [0.3, 0.4) is 0 Å². The van der Waals surface area contributed by atoms with Crippen molar-refractivity contribution >= 4 is 12.0 Å². The topological polar surface area (TPSA) is 67.9 Å². The Kier molecular flexibility index (Phi) is 5.49. The third kappa shape index (κ3) is 4.75. The van der Waals surface area contributed by atoms with Gasteiger partial charge in [-0.1, -0.05) is 0 Å². The van der Waals surface area contributed by atoms with Crippen LogP contribution in [0, 0.1) is 0 Å². The van der Waals surface area contributed by atoms with Gasteiger partial charge in [0.1, 0.15) is 6.04 Å². The molecule has 2 aliphatic heterocycles. The third-order valence-corrected chi connectivity index (χ3v) is 3.68. The molecule has 1 N–H and O–H groups in total. The second-order valence-corrected chi connectivity index (χ2v) is 5.40.